The molecule has 0 atom stereocenters. The highest BCUT2D eigenvalue weighted by Gasteiger charge is 2.13. The van der Waals surface area contributed by atoms with E-state index in [4.69, 9.17) is 4.74 Å². The maximum absolute atomic E-state index is 12.3. The first kappa shape index (κ1) is 19.9. The van der Waals surface area contributed by atoms with Gasteiger partial charge in [0.25, 0.3) is 0 Å². The Kier molecular flexibility index (Phi) is 6.36. The molecule has 0 fully saturated rings. The van der Waals surface area contributed by atoms with Crippen LogP contribution in [0.1, 0.15) is 18.1 Å². The zero-order chi connectivity index (χ0) is 20.1. The van der Waals surface area contributed by atoms with Gasteiger partial charge in [0, 0.05) is 18.3 Å². The largest absolute Gasteiger partial charge is 0.494 e. The summed E-state index contributed by atoms with van der Waals surface area (Å²) in [5, 5.41) is 12.1. The fraction of sp³-hybridized carbons (Fsp3) is 0.286. The second-order valence-corrected chi connectivity index (χ2v) is 7.40. The van der Waals surface area contributed by atoms with Gasteiger partial charge in [-0.05, 0) is 68.3 Å². The van der Waals surface area contributed by atoms with Crippen LogP contribution in [-0.2, 0) is 11.8 Å². The average molecular weight is 397 g/mol. The van der Waals surface area contributed by atoms with Crippen LogP contribution in [0.25, 0.3) is 11.4 Å². The molecule has 2 aromatic carbocycles. The molecule has 0 saturated heterocycles. The molecule has 0 radical (unpaired) electrons. The molecule has 1 amide bonds. The second-order valence-electron chi connectivity index (χ2n) is 6.46. The van der Waals surface area contributed by atoms with Crippen molar-refractivity contribution in [3.8, 4) is 17.1 Å². The van der Waals surface area contributed by atoms with Crippen molar-refractivity contribution < 1.29 is 9.53 Å². The lowest BCUT2D eigenvalue weighted by Crippen LogP contribution is -2.14. The molecule has 28 heavy (non-hydrogen) atoms. The van der Waals surface area contributed by atoms with E-state index in [1.807, 2.05) is 74.9 Å². The van der Waals surface area contributed by atoms with E-state index in [1.54, 1.807) is 0 Å². The van der Waals surface area contributed by atoms with Crippen molar-refractivity contribution in [3.05, 3.63) is 53.6 Å². The number of benzene rings is 2. The predicted molar refractivity (Wildman–Crippen MR) is 113 cm³/mol. The average Bonchev–Trinajstić information content (AvgIpc) is 3.04. The third kappa shape index (κ3) is 4.72. The number of aromatic nitrogens is 3. The fourth-order valence-electron chi connectivity index (χ4n) is 2.71. The molecule has 3 aromatic rings. The quantitative estimate of drug-likeness (QED) is 0.605. The number of nitrogens with zero attached hydrogens (tertiary/aromatic N) is 3. The summed E-state index contributed by atoms with van der Waals surface area (Å²) in [5.41, 5.74) is 4.11. The van der Waals surface area contributed by atoms with Crippen molar-refractivity contribution in [2.24, 2.45) is 7.05 Å². The Labute approximate surface area is 169 Å². The van der Waals surface area contributed by atoms with Crippen LogP contribution in [0.2, 0.25) is 0 Å². The summed E-state index contributed by atoms with van der Waals surface area (Å²) < 4.78 is 7.36. The minimum absolute atomic E-state index is 0.0705. The highest BCUT2D eigenvalue weighted by atomic mass is 32.2. The van der Waals surface area contributed by atoms with Gasteiger partial charge in [-0.15, -0.1) is 10.2 Å². The monoisotopic (exact) mass is 396 g/mol. The number of rotatable bonds is 7. The summed E-state index contributed by atoms with van der Waals surface area (Å²) in [5.74, 6) is 1.77. The van der Waals surface area contributed by atoms with Crippen molar-refractivity contribution in [2.75, 3.05) is 17.7 Å². The molecule has 1 heterocycles. The molecule has 1 aromatic heterocycles. The normalized spacial score (nSPS) is 10.7. The first-order chi connectivity index (χ1) is 13.5. The molecule has 0 spiro atoms. The predicted octanol–water partition coefficient (Wildman–Crippen LogP) is 4.23. The number of carbonyl (C=O) groups excluding carboxylic acids is 1. The first-order valence-electron chi connectivity index (χ1n) is 9.10. The molecule has 7 heteroatoms. The number of aryl methyl sites for hydroxylation is 2. The molecule has 0 saturated carbocycles. The van der Waals surface area contributed by atoms with Crippen LogP contribution in [0.3, 0.4) is 0 Å². The van der Waals surface area contributed by atoms with Crippen LogP contribution in [0.5, 0.6) is 5.75 Å². The van der Waals surface area contributed by atoms with Crippen molar-refractivity contribution in [1.29, 1.82) is 0 Å². The van der Waals surface area contributed by atoms with E-state index >= 15 is 0 Å². The van der Waals surface area contributed by atoms with Crippen LogP contribution in [0.4, 0.5) is 5.69 Å². The van der Waals surface area contributed by atoms with Crippen molar-refractivity contribution >= 4 is 23.4 Å². The van der Waals surface area contributed by atoms with Gasteiger partial charge in [-0.1, -0.05) is 17.8 Å². The molecule has 0 bridgehead atoms. The van der Waals surface area contributed by atoms with Crippen molar-refractivity contribution in [3.63, 3.8) is 0 Å². The van der Waals surface area contributed by atoms with E-state index in [-0.39, 0.29) is 11.7 Å². The Morgan fingerprint density at radius 1 is 1.11 bits per heavy atom. The molecule has 6 nitrogen and oxygen atoms in total. The van der Waals surface area contributed by atoms with Crippen molar-refractivity contribution in [1.82, 2.24) is 14.8 Å². The van der Waals surface area contributed by atoms with Gasteiger partial charge in [-0.25, -0.2) is 0 Å². The van der Waals surface area contributed by atoms with Gasteiger partial charge in [0.1, 0.15) is 5.75 Å². The van der Waals surface area contributed by atoms with E-state index in [0.29, 0.717) is 11.8 Å². The van der Waals surface area contributed by atoms with Crippen molar-refractivity contribution in [2.45, 2.75) is 25.9 Å². The van der Waals surface area contributed by atoms with Gasteiger partial charge in [-0.3, -0.25) is 4.79 Å². The zero-order valence-electron chi connectivity index (χ0n) is 16.5. The van der Waals surface area contributed by atoms with Crippen LogP contribution in [0, 0.1) is 13.8 Å². The first-order valence-corrected chi connectivity index (χ1v) is 10.1. The van der Waals surface area contributed by atoms with Crippen LogP contribution < -0.4 is 10.1 Å². The summed E-state index contributed by atoms with van der Waals surface area (Å²) in [6, 6.07) is 13.6. The van der Waals surface area contributed by atoms with Gasteiger partial charge in [-0.2, -0.15) is 0 Å². The zero-order valence-corrected chi connectivity index (χ0v) is 17.3. The molecule has 146 valence electrons. The lowest BCUT2D eigenvalue weighted by molar-refractivity contribution is -0.113. The number of ether oxygens (including phenoxy) is 1. The Morgan fingerprint density at radius 2 is 1.86 bits per heavy atom. The standard InChI is InChI=1S/C21H24N4O2S/c1-5-27-18-10-7-16(8-11-18)20-23-24-21(25(20)4)28-13-19(26)22-17-9-6-14(2)15(3)12-17/h6-12H,5,13H2,1-4H3,(H,22,26). The highest BCUT2D eigenvalue weighted by molar-refractivity contribution is 7.99. The number of hydrogen-bond donors (Lipinski definition) is 1. The maximum atomic E-state index is 12.3. The smallest absolute Gasteiger partial charge is 0.234 e. The number of anilines is 1. The summed E-state index contributed by atoms with van der Waals surface area (Å²) in [6.45, 7) is 6.67. The Morgan fingerprint density at radius 3 is 2.54 bits per heavy atom. The third-order valence-corrected chi connectivity index (χ3v) is 5.40. The van der Waals surface area contributed by atoms with Gasteiger partial charge >= 0.3 is 0 Å². The minimum Gasteiger partial charge on any atom is -0.494 e. The molecular formula is C21H24N4O2S. The van der Waals surface area contributed by atoms with E-state index < -0.39 is 0 Å². The summed E-state index contributed by atoms with van der Waals surface area (Å²) >= 11 is 1.36. The van der Waals surface area contributed by atoms with Gasteiger partial charge in [0.2, 0.25) is 5.91 Å². The fourth-order valence-corrected chi connectivity index (χ4v) is 3.42. The number of nitrogens with one attached hydrogen (secondary N) is 1. The second kappa shape index (κ2) is 8.93. The van der Waals surface area contributed by atoms with Gasteiger partial charge in [0.15, 0.2) is 11.0 Å². The number of thioether (sulfide) groups is 1. The van der Waals surface area contributed by atoms with E-state index in [9.17, 15) is 4.79 Å². The van der Waals surface area contributed by atoms with Gasteiger partial charge in [0.05, 0.1) is 12.4 Å². The summed E-state index contributed by atoms with van der Waals surface area (Å²) in [4.78, 5) is 12.3. The summed E-state index contributed by atoms with van der Waals surface area (Å²) in [7, 11) is 1.90. The lowest BCUT2D eigenvalue weighted by atomic mass is 10.1. The highest BCUT2D eigenvalue weighted by Crippen LogP contribution is 2.24. The van der Waals surface area contributed by atoms with Crippen LogP contribution in [-0.4, -0.2) is 33.0 Å². The third-order valence-electron chi connectivity index (χ3n) is 4.38. The van der Waals surface area contributed by atoms with E-state index in [2.05, 4.69) is 15.5 Å². The van der Waals surface area contributed by atoms with Crippen LogP contribution in [0.15, 0.2) is 47.6 Å². The molecule has 0 aliphatic rings. The molecule has 0 unspecified atom stereocenters. The molecule has 0 aliphatic heterocycles. The maximum Gasteiger partial charge on any atom is 0.234 e. The minimum atomic E-state index is -0.0705. The Hall–Kier alpha value is -2.80. The topological polar surface area (TPSA) is 69.0 Å². The SMILES string of the molecule is CCOc1ccc(-c2nnc(SCC(=O)Nc3ccc(C)c(C)c3)n2C)cc1. The molecule has 0 aliphatic carbocycles. The molecule has 3 rings (SSSR count). The molecule has 1 N–H and O–H groups in total. The van der Waals surface area contributed by atoms with Gasteiger partial charge < -0.3 is 14.6 Å². The number of hydrogen-bond acceptors (Lipinski definition) is 5. The van der Waals surface area contributed by atoms with Crippen LogP contribution >= 0.6 is 11.8 Å². The summed E-state index contributed by atoms with van der Waals surface area (Å²) in [6.07, 6.45) is 0. The number of carbonyl (C=O) groups is 1. The number of amides is 1. The van der Waals surface area contributed by atoms with E-state index in [1.165, 1.54) is 17.3 Å². The Bertz CT molecular complexity index is 967. The Balaban J connectivity index is 1.62. The molecular weight excluding hydrogens is 372 g/mol. The van der Waals surface area contributed by atoms with E-state index in [0.717, 1.165) is 28.4 Å². The lowest BCUT2D eigenvalue weighted by Gasteiger charge is -2.08.